The van der Waals surface area contributed by atoms with Gasteiger partial charge in [0, 0.05) is 66.7 Å². The highest BCUT2D eigenvalue weighted by molar-refractivity contribution is 5.85. The Kier molecular flexibility index (Phi) is 6.36. The minimum atomic E-state index is -0.876. The van der Waals surface area contributed by atoms with Crippen molar-refractivity contribution in [2.24, 2.45) is 0 Å². The van der Waals surface area contributed by atoms with E-state index in [4.69, 9.17) is 4.74 Å². The normalized spacial score (nSPS) is 29.0. The number of fused-ring (bicyclic) bond motifs is 2. The number of ether oxygens (including phenoxy) is 1. The lowest BCUT2D eigenvalue weighted by molar-refractivity contribution is -0.145. The second-order valence-corrected chi connectivity index (χ2v) is 10.6. The third-order valence-electron chi connectivity index (χ3n) is 8.01. The Labute approximate surface area is 213 Å². The molecule has 4 N–H and O–H groups in total. The number of nitrogens with one attached hydrogen (secondary N) is 4. The minimum absolute atomic E-state index is 0.00806. The Hall–Kier alpha value is -3.04. The van der Waals surface area contributed by atoms with Crippen LogP contribution in [0, 0.1) is 11.6 Å². The number of halogens is 3. The van der Waals surface area contributed by atoms with Gasteiger partial charge < -0.3 is 25.7 Å². The van der Waals surface area contributed by atoms with E-state index in [2.05, 4.69) is 20.9 Å². The number of aromatic nitrogens is 1. The Morgan fingerprint density at radius 1 is 1.03 bits per heavy atom. The summed E-state index contributed by atoms with van der Waals surface area (Å²) >= 11 is 0. The standard InChI is InChI=1S/C28H31F3N4O2/c1-14(36)37-20-9-19(33-13-20)11-24-22-5-3-16(30)8-26(22)35-28(24)27-23(10-18-6-17(31)12-32-18)21-4-2-15(29)7-25(21)34-27/h2-5,7-8,17-20,24,28,32-35H,6,9-13H2,1H3/t17-,18-,19-,20-,24?,28?/m0/s1. The van der Waals surface area contributed by atoms with E-state index in [1.54, 1.807) is 6.07 Å². The molecule has 0 amide bonds. The maximum Gasteiger partial charge on any atom is 0.302 e. The first-order chi connectivity index (χ1) is 17.8. The smallest absolute Gasteiger partial charge is 0.302 e. The summed E-state index contributed by atoms with van der Waals surface area (Å²) in [6.07, 6.45) is 1.44. The number of carbonyl (C=O) groups excluding carboxylic acids is 1. The molecule has 6 atom stereocenters. The molecule has 0 spiro atoms. The molecule has 9 heteroatoms. The number of H-pyrrole nitrogens is 1. The van der Waals surface area contributed by atoms with Gasteiger partial charge in [0.15, 0.2) is 0 Å². The van der Waals surface area contributed by atoms with Crippen molar-refractivity contribution in [3.05, 3.63) is 64.9 Å². The second kappa shape index (κ2) is 9.68. The molecule has 0 saturated carbocycles. The van der Waals surface area contributed by atoms with Crippen LogP contribution in [0.3, 0.4) is 0 Å². The number of benzene rings is 2. The maximum atomic E-state index is 14.2. The molecule has 0 bridgehead atoms. The van der Waals surface area contributed by atoms with E-state index in [0.717, 1.165) is 34.3 Å². The van der Waals surface area contributed by atoms with Gasteiger partial charge in [0.1, 0.15) is 23.9 Å². The summed E-state index contributed by atoms with van der Waals surface area (Å²) in [5.41, 5.74) is 4.39. The van der Waals surface area contributed by atoms with Crippen molar-refractivity contribution in [2.75, 3.05) is 18.4 Å². The third-order valence-corrected chi connectivity index (χ3v) is 8.01. The number of esters is 1. The first kappa shape index (κ1) is 24.3. The van der Waals surface area contributed by atoms with Gasteiger partial charge in [0.2, 0.25) is 0 Å². The monoisotopic (exact) mass is 512 g/mol. The van der Waals surface area contributed by atoms with Gasteiger partial charge in [-0.15, -0.1) is 0 Å². The molecule has 0 radical (unpaired) electrons. The van der Waals surface area contributed by atoms with Gasteiger partial charge in [0.05, 0.1) is 6.04 Å². The molecule has 1 aromatic heterocycles. The van der Waals surface area contributed by atoms with Gasteiger partial charge in [0.25, 0.3) is 0 Å². The number of anilines is 1. The van der Waals surface area contributed by atoms with Crippen LogP contribution in [0.4, 0.5) is 18.9 Å². The number of aromatic amines is 1. The molecule has 196 valence electrons. The van der Waals surface area contributed by atoms with Crippen molar-refractivity contribution in [2.45, 2.75) is 68.9 Å². The molecule has 37 heavy (non-hydrogen) atoms. The quantitative estimate of drug-likeness (QED) is 0.363. The van der Waals surface area contributed by atoms with Crippen molar-refractivity contribution < 1.29 is 22.7 Å². The molecule has 6 nitrogen and oxygen atoms in total. The van der Waals surface area contributed by atoms with Crippen LogP contribution in [-0.2, 0) is 16.0 Å². The van der Waals surface area contributed by atoms with Gasteiger partial charge >= 0.3 is 5.97 Å². The molecular formula is C28H31F3N4O2. The molecule has 3 aromatic rings. The van der Waals surface area contributed by atoms with E-state index in [9.17, 15) is 18.0 Å². The third kappa shape index (κ3) is 4.82. The Morgan fingerprint density at radius 3 is 2.59 bits per heavy atom. The first-order valence-corrected chi connectivity index (χ1v) is 13.0. The molecule has 6 rings (SSSR count). The highest BCUT2D eigenvalue weighted by atomic mass is 19.1. The first-order valence-electron chi connectivity index (χ1n) is 13.0. The van der Waals surface area contributed by atoms with Crippen molar-refractivity contribution >= 4 is 22.6 Å². The minimum Gasteiger partial charge on any atom is -0.461 e. The number of hydrogen-bond donors (Lipinski definition) is 4. The van der Waals surface area contributed by atoms with Crippen LogP contribution in [0.1, 0.15) is 55.0 Å². The zero-order valence-electron chi connectivity index (χ0n) is 20.6. The number of alkyl halides is 1. The molecule has 0 aliphatic carbocycles. The zero-order valence-corrected chi connectivity index (χ0v) is 20.6. The van der Waals surface area contributed by atoms with Gasteiger partial charge in [-0.25, -0.2) is 13.2 Å². The van der Waals surface area contributed by atoms with E-state index in [-0.39, 0.29) is 47.8 Å². The van der Waals surface area contributed by atoms with Gasteiger partial charge in [-0.2, -0.15) is 0 Å². The zero-order chi connectivity index (χ0) is 25.7. The van der Waals surface area contributed by atoms with Crippen molar-refractivity contribution in [3.63, 3.8) is 0 Å². The molecule has 2 fully saturated rings. The van der Waals surface area contributed by atoms with Gasteiger partial charge in [-0.05, 0) is 60.7 Å². The summed E-state index contributed by atoms with van der Waals surface area (Å²) in [7, 11) is 0. The van der Waals surface area contributed by atoms with E-state index in [0.29, 0.717) is 37.9 Å². The van der Waals surface area contributed by atoms with Crippen molar-refractivity contribution in [1.82, 2.24) is 15.6 Å². The van der Waals surface area contributed by atoms with E-state index >= 15 is 0 Å². The summed E-state index contributed by atoms with van der Waals surface area (Å²) in [4.78, 5) is 14.9. The summed E-state index contributed by atoms with van der Waals surface area (Å²) in [6.45, 7) is 2.35. The average molecular weight is 513 g/mol. The lowest BCUT2D eigenvalue weighted by Gasteiger charge is -2.25. The van der Waals surface area contributed by atoms with Crippen molar-refractivity contribution in [1.29, 1.82) is 0 Å². The second-order valence-electron chi connectivity index (χ2n) is 10.6. The molecule has 4 heterocycles. The summed E-state index contributed by atoms with van der Waals surface area (Å²) in [5, 5.41) is 11.2. The highest BCUT2D eigenvalue weighted by Gasteiger charge is 2.40. The maximum absolute atomic E-state index is 14.2. The lowest BCUT2D eigenvalue weighted by Crippen LogP contribution is -2.27. The SMILES string of the molecule is CC(=O)O[C@@H]1CN[C@H](CC2c3ccc(F)cc3NC2c2[nH]c3cc(F)ccc3c2C[C@@H]2C[C@H](F)CN2)C1. The van der Waals surface area contributed by atoms with Crippen molar-refractivity contribution in [3.8, 4) is 0 Å². The summed E-state index contributed by atoms with van der Waals surface area (Å²) in [6, 6.07) is 9.43. The predicted molar refractivity (Wildman–Crippen MR) is 135 cm³/mol. The Balaban J connectivity index is 1.36. The van der Waals surface area contributed by atoms with E-state index < -0.39 is 6.17 Å². The molecular weight excluding hydrogens is 481 g/mol. The lowest BCUT2D eigenvalue weighted by atomic mass is 9.85. The fraction of sp³-hybridized carbons (Fsp3) is 0.464. The number of hydrogen-bond acceptors (Lipinski definition) is 5. The van der Waals surface area contributed by atoms with Gasteiger partial charge in [-0.3, -0.25) is 4.79 Å². The van der Waals surface area contributed by atoms with Crippen LogP contribution >= 0.6 is 0 Å². The highest BCUT2D eigenvalue weighted by Crippen LogP contribution is 2.49. The molecule has 2 unspecified atom stereocenters. The fourth-order valence-electron chi connectivity index (χ4n) is 6.46. The van der Waals surface area contributed by atoms with E-state index in [1.165, 1.54) is 31.2 Å². The van der Waals surface area contributed by atoms with Crippen LogP contribution in [0.15, 0.2) is 36.4 Å². The number of rotatable bonds is 6. The average Bonchev–Trinajstić information content (AvgIpc) is 3.61. The summed E-state index contributed by atoms with van der Waals surface area (Å²) in [5.74, 6) is -0.948. The van der Waals surface area contributed by atoms with E-state index in [1.807, 2.05) is 6.07 Å². The van der Waals surface area contributed by atoms with Crippen LogP contribution in [0.5, 0.6) is 0 Å². The fourth-order valence-corrected chi connectivity index (χ4v) is 6.46. The Bertz CT molecular complexity index is 1330. The van der Waals surface area contributed by atoms with Crippen LogP contribution < -0.4 is 16.0 Å². The van der Waals surface area contributed by atoms with Crippen LogP contribution in [0.25, 0.3) is 10.9 Å². The van der Waals surface area contributed by atoms with Crippen LogP contribution in [-0.4, -0.2) is 48.4 Å². The Morgan fingerprint density at radius 2 is 1.81 bits per heavy atom. The molecule has 2 saturated heterocycles. The predicted octanol–water partition coefficient (Wildman–Crippen LogP) is 4.62. The summed E-state index contributed by atoms with van der Waals surface area (Å²) < 4.78 is 47.8. The molecule has 3 aliphatic heterocycles. The molecule has 3 aliphatic rings. The topological polar surface area (TPSA) is 78.2 Å². The number of carbonyl (C=O) groups is 1. The van der Waals surface area contributed by atoms with Crippen LogP contribution in [0.2, 0.25) is 0 Å². The largest absolute Gasteiger partial charge is 0.461 e. The molecule has 2 aromatic carbocycles. The van der Waals surface area contributed by atoms with Gasteiger partial charge in [-0.1, -0.05) is 6.07 Å².